The summed E-state index contributed by atoms with van der Waals surface area (Å²) in [5.74, 6) is 0.255. The van der Waals surface area contributed by atoms with E-state index in [9.17, 15) is 4.79 Å². The lowest BCUT2D eigenvalue weighted by molar-refractivity contribution is -0.133. The molecule has 2 heteroatoms. The molecule has 1 atom stereocenters. The van der Waals surface area contributed by atoms with Crippen molar-refractivity contribution in [3.8, 4) is 0 Å². The van der Waals surface area contributed by atoms with E-state index in [1.807, 2.05) is 23.1 Å². The third-order valence-electron chi connectivity index (χ3n) is 6.21. The summed E-state index contributed by atoms with van der Waals surface area (Å²) >= 11 is 0. The largest absolute Gasteiger partial charge is 0.338 e. The molecule has 1 aliphatic heterocycles. The van der Waals surface area contributed by atoms with Crippen molar-refractivity contribution in [2.24, 2.45) is 0 Å². The quantitative estimate of drug-likeness (QED) is 0.604. The monoisotopic (exact) mass is 369 g/mol. The van der Waals surface area contributed by atoms with Crippen molar-refractivity contribution in [3.05, 3.63) is 107 Å². The minimum Gasteiger partial charge on any atom is -0.338 e. The summed E-state index contributed by atoms with van der Waals surface area (Å²) in [6, 6.07) is 27.2. The van der Waals surface area contributed by atoms with Crippen molar-refractivity contribution in [2.75, 3.05) is 6.54 Å². The number of rotatable bonds is 5. The molecule has 2 nitrogen and oxygen atoms in total. The summed E-state index contributed by atoms with van der Waals surface area (Å²) in [4.78, 5) is 15.8. The predicted octanol–water partition coefficient (Wildman–Crippen LogP) is 5.22. The molecule has 0 bridgehead atoms. The highest BCUT2D eigenvalue weighted by Crippen LogP contribution is 2.40. The van der Waals surface area contributed by atoms with Crippen LogP contribution in [0.2, 0.25) is 0 Å². The van der Waals surface area contributed by atoms with E-state index in [0.717, 1.165) is 24.9 Å². The van der Waals surface area contributed by atoms with Gasteiger partial charge in [0.15, 0.2) is 0 Å². The zero-order chi connectivity index (χ0) is 19.6. The van der Waals surface area contributed by atoms with Gasteiger partial charge in [-0.05, 0) is 54.5 Å². The molecular weight excluding hydrogens is 342 g/mol. The predicted molar refractivity (Wildman–Crippen MR) is 114 cm³/mol. The second-order valence-electron chi connectivity index (χ2n) is 7.95. The molecule has 1 fully saturated rings. The zero-order valence-electron chi connectivity index (χ0n) is 16.7. The Morgan fingerprint density at radius 3 is 2.00 bits per heavy atom. The van der Waals surface area contributed by atoms with Crippen molar-refractivity contribution in [2.45, 2.75) is 38.6 Å². The first-order valence-electron chi connectivity index (χ1n) is 10.0. The Kier molecular flexibility index (Phi) is 5.04. The molecule has 0 N–H and O–H groups in total. The van der Waals surface area contributed by atoms with Crippen LogP contribution in [-0.2, 0) is 23.2 Å². The smallest absolute Gasteiger partial charge is 0.233 e. The first-order valence-corrected chi connectivity index (χ1v) is 10.0. The summed E-state index contributed by atoms with van der Waals surface area (Å²) in [5, 5.41) is 0. The van der Waals surface area contributed by atoms with Gasteiger partial charge < -0.3 is 4.90 Å². The summed E-state index contributed by atoms with van der Waals surface area (Å²) < 4.78 is 0. The van der Waals surface area contributed by atoms with Crippen molar-refractivity contribution >= 4 is 5.91 Å². The number of carbonyl (C=O) groups excluding carboxylic acids is 1. The van der Waals surface area contributed by atoms with Crippen LogP contribution in [0.15, 0.2) is 78.9 Å². The Bertz CT molecular complexity index is 978. The Morgan fingerprint density at radius 2 is 1.36 bits per heavy atom. The lowest BCUT2D eigenvalue weighted by atomic mass is 9.73. The molecule has 3 aromatic rings. The van der Waals surface area contributed by atoms with Crippen LogP contribution >= 0.6 is 0 Å². The Hall–Kier alpha value is -2.87. The van der Waals surface area contributed by atoms with Crippen molar-refractivity contribution in [1.82, 2.24) is 4.90 Å². The number of carbonyl (C=O) groups is 1. The minimum absolute atomic E-state index is 0.255. The van der Waals surface area contributed by atoms with Gasteiger partial charge in [0, 0.05) is 13.1 Å². The highest BCUT2D eigenvalue weighted by atomic mass is 16.2. The van der Waals surface area contributed by atoms with Crippen LogP contribution < -0.4 is 0 Å². The molecule has 28 heavy (non-hydrogen) atoms. The Labute approximate surface area is 167 Å². The maximum atomic E-state index is 13.8. The fraction of sp³-hybridized carbons (Fsp3) is 0.269. The third-order valence-corrected chi connectivity index (χ3v) is 6.21. The number of hydrogen-bond acceptors (Lipinski definition) is 1. The first-order chi connectivity index (χ1) is 13.6. The fourth-order valence-electron chi connectivity index (χ4n) is 4.41. The lowest BCUT2D eigenvalue weighted by Crippen LogP contribution is -2.39. The van der Waals surface area contributed by atoms with E-state index in [1.165, 1.54) is 22.3 Å². The van der Waals surface area contributed by atoms with Gasteiger partial charge >= 0.3 is 0 Å². The zero-order valence-corrected chi connectivity index (χ0v) is 16.7. The van der Waals surface area contributed by atoms with Crippen LogP contribution in [-0.4, -0.2) is 17.4 Å². The molecule has 1 heterocycles. The summed E-state index contributed by atoms with van der Waals surface area (Å²) in [6.07, 6.45) is 1.61. The van der Waals surface area contributed by atoms with E-state index in [2.05, 4.69) is 74.5 Å². The van der Waals surface area contributed by atoms with Gasteiger partial charge in [0.05, 0.1) is 5.41 Å². The van der Waals surface area contributed by atoms with Gasteiger partial charge in [0.2, 0.25) is 5.91 Å². The van der Waals surface area contributed by atoms with Crippen LogP contribution in [0.1, 0.15) is 34.2 Å². The molecule has 0 spiro atoms. The number of nitrogens with zero attached hydrogens (tertiary/aromatic N) is 1. The van der Waals surface area contributed by atoms with E-state index in [-0.39, 0.29) is 5.91 Å². The highest BCUT2D eigenvalue weighted by molar-refractivity contribution is 5.90. The van der Waals surface area contributed by atoms with Gasteiger partial charge in [-0.1, -0.05) is 78.9 Å². The number of benzene rings is 3. The van der Waals surface area contributed by atoms with Crippen LogP contribution in [0.4, 0.5) is 0 Å². The number of likely N-dealkylation sites (tertiary alicyclic amines) is 1. The van der Waals surface area contributed by atoms with Gasteiger partial charge in [-0.3, -0.25) is 4.79 Å². The molecule has 1 unspecified atom stereocenters. The van der Waals surface area contributed by atoms with Gasteiger partial charge in [-0.15, -0.1) is 0 Å². The molecule has 4 rings (SSSR count). The molecule has 0 aliphatic carbocycles. The van der Waals surface area contributed by atoms with E-state index in [1.54, 1.807) is 0 Å². The summed E-state index contributed by atoms with van der Waals surface area (Å²) in [7, 11) is 0. The average molecular weight is 370 g/mol. The molecule has 142 valence electrons. The second kappa shape index (κ2) is 7.63. The van der Waals surface area contributed by atoms with E-state index < -0.39 is 5.41 Å². The van der Waals surface area contributed by atoms with E-state index >= 15 is 0 Å². The second-order valence-corrected chi connectivity index (χ2v) is 7.95. The first kappa shape index (κ1) is 18.5. The van der Waals surface area contributed by atoms with Crippen molar-refractivity contribution < 1.29 is 4.79 Å². The normalized spacial score (nSPS) is 19.2. The molecule has 0 aromatic heterocycles. The molecule has 0 radical (unpaired) electrons. The van der Waals surface area contributed by atoms with Crippen LogP contribution in [0.25, 0.3) is 0 Å². The average Bonchev–Trinajstić information content (AvgIpc) is 3.03. The van der Waals surface area contributed by atoms with Crippen LogP contribution in [0, 0.1) is 13.8 Å². The minimum atomic E-state index is -0.476. The third kappa shape index (κ3) is 3.35. The maximum Gasteiger partial charge on any atom is 0.233 e. The Balaban J connectivity index is 1.70. The topological polar surface area (TPSA) is 20.3 Å². The molecule has 1 aliphatic rings. The van der Waals surface area contributed by atoms with Gasteiger partial charge in [0.1, 0.15) is 0 Å². The maximum absolute atomic E-state index is 13.8. The van der Waals surface area contributed by atoms with Gasteiger partial charge in [-0.25, -0.2) is 0 Å². The molecular formula is C26H27NO. The fourth-order valence-corrected chi connectivity index (χ4v) is 4.41. The molecule has 1 amide bonds. The van der Waals surface area contributed by atoms with Crippen LogP contribution in [0.3, 0.4) is 0 Å². The van der Waals surface area contributed by atoms with Gasteiger partial charge in [-0.2, -0.15) is 0 Å². The SMILES string of the molecule is Cc1ccccc1CN1CCC(Cc2ccccc2C)(c2ccccc2)C1=O. The van der Waals surface area contributed by atoms with E-state index in [4.69, 9.17) is 0 Å². The Morgan fingerprint density at radius 1 is 0.786 bits per heavy atom. The highest BCUT2D eigenvalue weighted by Gasteiger charge is 2.47. The molecule has 0 saturated carbocycles. The lowest BCUT2D eigenvalue weighted by Gasteiger charge is -2.29. The standard InChI is InChI=1S/C26H27NO/c1-20-10-6-8-12-22(20)18-26(24-14-4-3-5-15-24)16-17-27(25(26)28)19-23-13-9-7-11-21(23)2/h3-15H,16-19H2,1-2H3. The van der Waals surface area contributed by atoms with Crippen LogP contribution in [0.5, 0.6) is 0 Å². The summed E-state index contributed by atoms with van der Waals surface area (Å²) in [5.41, 5.74) is 5.65. The number of aryl methyl sites for hydroxylation is 2. The van der Waals surface area contributed by atoms with Crippen molar-refractivity contribution in [1.29, 1.82) is 0 Å². The summed E-state index contributed by atoms with van der Waals surface area (Å²) in [6.45, 7) is 5.74. The molecule has 3 aromatic carbocycles. The van der Waals surface area contributed by atoms with E-state index in [0.29, 0.717) is 6.54 Å². The van der Waals surface area contributed by atoms with Gasteiger partial charge in [0.25, 0.3) is 0 Å². The van der Waals surface area contributed by atoms with Crippen molar-refractivity contribution in [3.63, 3.8) is 0 Å². The molecule has 1 saturated heterocycles. The number of amides is 1. The number of hydrogen-bond donors (Lipinski definition) is 0.